The number of aromatic amines is 1. The zero-order valence-corrected chi connectivity index (χ0v) is 14.2. The first-order chi connectivity index (χ1) is 11.5. The molecule has 0 unspecified atom stereocenters. The predicted octanol–water partition coefficient (Wildman–Crippen LogP) is 0.757. The predicted molar refractivity (Wildman–Crippen MR) is 88.3 cm³/mol. The van der Waals surface area contributed by atoms with E-state index in [4.69, 9.17) is 17.0 Å². The van der Waals surface area contributed by atoms with Crippen LogP contribution in [0.2, 0.25) is 5.02 Å². The van der Waals surface area contributed by atoms with Crippen LogP contribution in [-0.4, -0.2) is 33.7 Å². The molecule has 1 aromatic carbocycles. The monoisotopic (exact) mass is 354 g/mol. The first kappa shape index (κ1) is 19.4. The Morgan fingerprint density at radius 3 is 2.64 bits per heavy atom. The van der Waals surface area contributed by atoms with Crippen LogP contribution in [0.3, 0.4) is 0 Å². The summed E-state index contributed by atoms with van der Waals surface area (Å²) >= 11 is 5.69. The molecule has 0 amide bonds. The summed E-state index contributed by atoms with van der Waals surface area (Å²) < 4.78 is 28.7. The van der Waals surface area contributed by atoms with Gasteiger partial charge in [0.2, 0.25) is 0 Å². The molecule has 0 bridgehead atoms. The Morgan fingerprint density at radius 2 is 2.04 bits per heavy atom. The van der Waals surface area contributed by atoms with Gasteiger partial charge < -0.3 is 22.3 Å². The summed E-state index contributed by atoms with van der Waals surface area (Å²) in [5.41, 5.74) is 0.850. The Kier molecular flexibility index (Phi) is 6.17. The van der Waals surface area contributed by atoms with Gasteiger partial charge >= 0.3 is 18.9 Å². The Bertz CT molecular complexity index is 839. The number of rotatable bonds is 4. The summed E-state index contributed by atoms with van der Waals surface area (Å²) in [5, 5.41) is 14.1. The molecule has 3 rings (SSSR count). The van der Waals surface area contributed by atoms with E-state index in [-0.39, 0.29) is 35.3 Å². The smallest absolute Gasteiger partial charge is 0.413 e. The number of nitrogens with zero attached hydrogens (tertiary/aromatic N) is 3. The van der Waals surface area contributed by atoms with Crippen molar-refractivity contribution in [2.45, 2.75) is 6.42 Å². The number of hydrogen-bond acceptors (Lipinski definition) is 4. The average Bonchev–Trinajstić information content (AvgIpc) is 2.92. The number of hydrogen-bond donors (Lipinski definition) is 2. The van der Waals surface area contributed by atoms with Crippen LogP contribution in [0.1, 0.15) is 17.7 Å². The van der Waals surface area contributed by atoms with Gasteiger partial charge in [-0.3, -0.25) is 4.99 Å². The summed E-state index contributed by atoms with van der Waals surface area (Å²) in [6, 6.07) is 2.04. The minimum Gasteiger partial charge on any atom is -0.413 e. The summed E-state index contributed by atoms with van der Waals surface area (Å²) in [4.78, 5) is 5.77. The molecule has 1 aliphatic rings. The summed E-state index contributed by atoms with van der Waals surface area (Å²) in [5.74, 6) is -1.65. The normalized spacial score (nSPS) is 13.4. The van der Waals surface area contributed by atoms with Crippen LogP contribution in [-0.2, 0) is 0 Å². The second-order valence-electron chi connectivity index (χ2n) is 4.99. The molecule has 1 aliphatic heterocycles. The molecule has 9 heteroatoms. The van der Waals surface area contributed by atoms with Gasteiger partial charge in [0.15, 0.2) is 0 Å². The van der Waals surface area contributed by atoms with Gasteiger partial charge in [-0.2, -0.15) is 11.5 Å². The molecule has 0 saturated heterocycles. The number of allylic oxidation sites excluding steroid dienone is 1. The van der Waals surface area contributed by atoms with E-state index in [2.05, 4.69) is 28.3 Å². The molecule has 0 aliphatic carbocycles. The first-order valence-corrected chi connectivity index (χ1v) is 7.41. The van der Waals surface area contributed by atoms with Crippen LogP contribution >= 0.6 is 11.6 Å². The van der Waals surface area contributed by atoms with Gasteiger partial charge in [-0.1, -0.05) is 29.6 Å². The molecule has 2 N–H and O–H groups in total. The maximum Gasteiger partial charge on any atom is 1.00 e. The van der Waals surface area contributed by atoms with Crippen molar-refractivity contribution in [3.63, 3.8) is 0 Å². The average molecular weight is 355 g/mol. The van der Waals surface area contributed by atoms with Gasteiger partial charge in [0, 0.05) is 16.3 Å². The van der Waals surface area contributed by atoms with Gasteiger partial charge in [0.05, 0.1) is 17.7 Å². The number of halogens is 3. The fourth-order valence-electron chi connectivity index (χ4n) is 2.36. The van der Waals surface area contributed by atoms with E-state index in [0.29, 0.717) is 29.9 Å². The van der Waals surface area contributed by atoms with Crippen molar-refractivity contribution in [3.05, 3.63) is 59.4 Å². The van der Waals surface area contributed by atoms with E-state index < -0.39 is 11.6 Å². The standard InChI is InChI=1S/C16H12ClF2N5.Li/c1-2-3-24-8-9(6-20)15-13(7-21-23-15)22-16(24)14-11(18)4-10(17)5-12(14)19;/h4-7,20H,1-3H2,(H,21,23);/q-2;+1. The molecular formula is C16H12ClF2LiN5-. The number of fused-ring (bicyclic) bond motifs is 1. The molecule has 0 saturated carbocycles. The van der Waals surface area contributed by atoms with E-state index in [0.717, 1.165) is 18.3 Å². The van der Waals surface area contributed by atoms with Crippen molar-refractivity contribution in [2.24, 2.45) is 4.99 Å². The summed E-state index contributed by atoms with van der Waals surface area (Å²) in [6.07, 6.45) is 5.86. The number of aliphatic imine (C=N–C) groups is 1. The molecular weight excluding hydrogens is 343 g/mol. The van der Waals surface area contributed by atoms with Crippen molar-refractivity contribution in [2.75, 3.05) is 6.54 Å². The Hall–Kier alpha value is -1.94. The van der Waals surface area contributed by atoms with Crippen molar-refractivity contribution in [1.29, 1.82) is 5.41 Å². The van der Waals surface area contributed by atoms with Crippen LogP contribution < -0.4 is 18.9 Å². The number of aromatic nitrogens is 2. The zero-order chi connectivity index (χ0) is 17.3. The van der Waals surface area contributed by atoms with Crippen molar-refractivity contribution in [3.8, 4) is 0 Å². The number of H-pyrrole nitrogens is 1. The topological polar surface area (TPSA) is 68.1 Å². The van der Waals surface area contributed by atoms with Crippen molar-refractivity contribution in [1.82, 2.24) is 15.1 Å². The summed E-state index contributed by atoms with van der Waals surface area (Å²) in [7, 11) is 0. The third kappa shape index (κ3) is 3.69. The minimum absolute atomic E-state index is 0. The van der Waals surface area contributed by atoms with Crippen LogP contribution in [0.25, 0.3) is 5.57 Å². The second kappa shape index (κ2) is 7.96. The van der Waals surface area contributed by atoms with E-state index in [9.17, 15) is 8.78 Å². The molecule has 5 nitrogen and oxygen atoms in total. The quantitative estimate of drug-likeness (QED) is 0.483. The maximum absolute atomic E-state index is 14.4. The molecule has 0 radical (unpaired) electrons. The Balaban J connectivity index is 0.00000225. The van der Waals surface area contributed by atoms with Gasteiger partial charge in [-0.05, 0) is 18.7 Å². The molecule has 25 heavy (non-hydrogen) atoms. The fraction of sp³-hybridized carbons (Fsp3) is 0.125. The van der Waals surface area contributed by atoms with Gasteiger partial charge in [-0.15, -0.1) is 0 Å². The minimum atomic E-state index is -0.835. The van der Waals surface area contributed by atoms with Crippen LogP contribution in [0, 0.1) is 30.2 Å². The molecule has 0 spiro atoms. The molecule has 0 atom stereocenters. The van der Waals surface area contributed by atoms with Gasteiger partial charge in [0.1, 0.15) is 11.6 Å². The molecule has 2 aromatic rings. The molecule has 0 fully saturated rings. The van der Waals surface area contributed by atoms with Crippen molar-refractivity contribution < 1.29 is 27.6 Å². The maximum atomic E-state index is 14.4. The zero-order valence-electron chi connectivity index (χ0n) is 13.4. The van der Waals surface area contributed by atoms with Crippen molar-refractivity contribution >= 4 is 34.9 Å². The third-order valence-corrected chi connectivity index (χ3v) is 3.60. The SMILES string of the molecule is [CH2-]CCN1[C-]=C(C=N)c2[nH]ncc2N=C1c1c(F)cc(Cl)cc1F.[Li+]. The van der Waals surface area contributed by atoms with E-state index in [1.54, 1.807) is 0 Å². The molecule has 2 heterocycles. The molecule has 124 valence electrons. The van der Waals surface area contributed by atoms with Crippen LogP contribution in [0.15, 0.2) is 23.3 Å². The summed E-state index contributed by atoms with van der Waals surface area (Å²) in [6.45, 7) is 4.07. The third-order valence-electron chi connectivity index (χ3n) is 3.38. The van der Waals surface area contributed by atoms with Crippen LogP contribution in [0.5, 0.6) is 0 Å². The fourth-order valence-corrected chi connectivity index (χ4v) is 2.55. The van der Waals surface area contributed by atoms with E-state index in [1.165, 1.54) is 11.1 Å². The number of benzene rings is 1. The number of amidine groups is 1. The Morgan fingerprint density at radius 1 is 1.36 bits per heavy atom. The van der Waals surface area contributed by atoms with Crippen LogP contribution in [0.4, 0.5) is 14.5 Å². The molecule has 1 aromatic heterocycles. The largest absolute Gasteiger partial charge is 1.00 e. The second-order valence-corrected chi connectivity index (χ2v) is 5.42. The van der Waals surface area contributed by atoms with E-state index in [1.807, 2.05) is 0 Å². The Labute approximate surface area is 160 Å². The van der Waals surface area contributed by atoms with Gasteiger partial charge in [-0.25, -0.2) is 8.78 Å². The van der Waals surface area contributed by atoms with Gasteiger partial charge in [0.25, 0.3) is 0 Å². The van der Waals surface area contributed by atoms with E-state index >= 15 is 0 Å². The number of nitrogens with one attached hydrogen (secondary N) is 2. The first-order valence-electron chi connectivity index (χ1n) is 7.03.